The van der Waals surface area contributed by atoms with Crippen LogP contribution in [0.5, 0.6) is 0 Å². The van der Waals surface area contributed by atoms with Gasteiger partial charge in [-0.25, -0.2) is 5.84 Å². The standard InChI is InChI=1S/C13H21N3O2S/c1-16(7-10-3-2-5-18-9-10)8-11-4-6-19-12(11)13(17)15-14/h4,6,10H,2-3,5,7-9,14H2,1H3,(H,15,17). The summed E-state index contributed by atoms with van der Waals surface area (Å²) in [5.74, 6) is 5.58. The van der Waals surface area contributed by atoms with E-state index in [0.29, 0.717) is 10.8 Å². The lowest BCUT2D eigenvalue weighted by molar-refractivity contribution is 0.0411. The lowest BCUT2D eigenvalue weighted by Crippen LogP contribution is -2.32. The first-order chi connectivity index (χ1) is 9.20. The van der Waals surface area contributed by atoms with Gasteiger partial charge in [-0.1, -0.05) is 0 Å². The number of carbonyl (C=O) groups excluding carboxylic acids is 1. The van der Waals surface area contributed by atoms with Gasteiger partial charge in [0.1, 0.15) is 0 Å². The zero-order valence-electron chi connectivity index (χ0n) is 11.2. The number of hydrogen-bond acceptors (Lipinski definition) is 5. The zero-order chi connectivity index (χ0) is 13.7. The van der Waals surface area contributed by atoms with Gasteiger partial charge in [-0.15, -0.1) is 11.3 Å². The quantitative estimate of drug-likeness (QED) is 0.484. The SMILES string of the molecule is CN(Cc1ccsc1C(=O)NN)CC1CCCOC1. The van der Waals surface area contributed by atoms with E-state index in [9.17, 15) is 4.79 Å². The van der Waals surface area contributed by atoms with Gasteiger partial charge in [0.2, 0.25) is 0 Å². The van der Waals surface area contributed by atoms with Gasteiger partial charge in [0, 0.05) is 19.7 Å². The largest absolute Gasteiger partial charge is 0.381 e. The van der Waals surface area contributed by atoms with E-state index >= 15 is 0 Å². The number of ether oxygens (including phenoxy) is 1. The van der Waals surface area contributed by atoms with Crippen LogP contribution in [-0.2, 0) is 11.3 Å². The van der Waals surface area contributed by atoms with Gasteiger partial charge in [-0.3, -0.25) is 10.2 Å². The van der Waals surface area contributed by atoms with Crippen molar-refractivity contribution in [3.8, 4) is 0 Å². The Morgan fingerprint density at radius 3 is 3.21 bits per heavy atom. The van der Waals surface area contributed by atoms with Crippen molar-refractivity contribution in [3.63, 3.8) is 0 Å². The summed E-state index contributed by atoms with van der Waals surface area (Å²) in [5.41, 5.74) is 3.23. The van der Waals surface area contributed by atoms with E-state index in [1.807, 2.05) is 11.4 Å². The van der Waals surface area contributed by atoms with Crippen molar-refractivity contribution in [2.75, 3.05) is 26.8 Å². The molecular formula is C13H21N3O2S. The molecule has 1 fully saturated rings. The van der Waals surface area contributed by atoms with Gasteiger partial charge in [-0.05, 0) is 42.8 Å². The molecule has 1 atom stereocenters. The molecule has 106 valence electrons. The van der Waals surface area contributed by atoms with E-state index in [2.05, 4.69) is 17.4 Å². The van der Waals surface area contributed by atoms with Crippen molar-refractivity contribution in [2.45, 2.75) is 19.4 Å². The molecule has 1 amide bonds. The zero-order valence-corrected chi connectivity index (χ0v) is 12.0. The number of thiophene rings is 1. The number of hydrazine groups is 1. The van der Waals surface area contributed by atoms with Gasteiger partial charge in [0.25, 0.3) is 5.91 Å². The summed E-state index contributed by atoms with van der Waals surface area (Å²) < 4.78 is 5.49. The van der Waals surface area contributed by atoms with Crippen LogP contribution in [0.15, 0.2) is 11.4 Å². The van der Waals surface area contributed by atoms with E-state index in [-0.39, 0.29) is 5.91 Å². The Morgan fingerprint density at radius 2 is 2.53 bits per heavy atom. The van der Waals surface area contributed by atoms with Gasteiger partial charge in [-0.2, -0.15) is 0 Å². The molecular weight excluding hydrogens is 262 g/mol. The van der Waals surface area contributed by atoms with E-state index < -0.39 is 0 Å². The third kappa shape index (κ3) is 4.01. The number of rotatable bonds is 5. The van der Waals surface area contributed by atoms with Crippen molar-refractivity contribution >= 4 is 17.2 Å². The second kappa shape index (κ2) is 7.00. The summed E-state index contributed by atoms with van der Waals surface area (Å²) in [5, 5.41) is 1.93. The van der Waals surface area contributed by atoms with Crippen molar-refractivity contribution in [2.24, 2.45) is 11.8 Å². The van der Waals surface area contributed by atoms with Crippen LogP contribution in [0.4, 0.5) is 0 Å². The third-order valence-corrected chi connectivity index (χ3v) is 4.30. The lowest BCUT2D eigenvalue weighted by Gasteiger charge is -2.27. The molecule has 1 aliphatic rings. The van der Waals surface area contributed by atoms with Gasteiger partial charge >= 0.3 is 0 Å². The Morgan fingerprint density at radius 1 is 1.68 bits per heavy atom. The van der Waals surface area contributed by atoms with E-state index in [4.69, 9.17) is 10.6 Å². The normalized spacial score (nSPS) is 19.6. The first-order valence-electron chi connectivity index (χ1n) is 6.54. The summed E-state index contributed by atoms with van der Waals surface area (Å²) in [6.07, 6.45) is 2.38. The van der Waals surface area contributed by atoms with E-state index in [0.717, 1.165) is 38.3 Å². The Labute approximate surface area is 117 Å². The highest BCUT2D eigenvalue weighted by Gasteiger charge is 2.18. The number of nitrogen functional groups attached to an aromatic ring is 1. The fraction of sp³-hybridized carbons (Fsp3) is 0.615. The predicted octanol–water partition coefficient (Wildman–Crippen LogP) is 1.21. The molecule has 1 aromatic heterocycles. The van der Waals surface area contributed by atoms with Crippen molar-refractivity contribution in [3.05, 3.63) is 21.9 Å². The molecule has 6 heteroatoms. The molecule has 0 saturated carbocycles. The number of amides is 1. The molecule has 1 unspecified atom stereocenters. The minimum Gasteiger partial charge on any atom is -0.381 e. The van der Waals surface area contributed by atoms with E-state index in [1.54, 1.807) is 0 Å². The van der Waals surface area contributed by atoms with Crippen LogP contribution in [0.3, 0.4) is 0 Å². The van der Waals surface area contributed by atoms with Crippen LogP contribution in [0.2, 0.25) is 0 Å². The molecule has 0 bridgehead atoms. The lowest BCUT2D eigenvalue weighted by atomic mass is 10.0. The maximum atomic E-state index is 11.6. The molecule has 0 aromatic carbocycles. The van der Waals surface area contributed by atoms with Gasteiger partial charge in [0.15, 0.2) is 0 Å². The summed E-state index contributed by atoms with van der Waals surface area (Å²) in [4.78, 5) is 14.6. The molecule has 5 nitrogen and oxygen atoms in total. The maximum absolute atomic E-state index is 11.6. The van der Waals surface area contributed by atoms with Gasteiger partial charge in [0.05, 0.1) is 11.5 Å². The minimum atomic E-state index is -0.209. The molecule has 0 radical (unpaired) electrons. The first kappa shape index (κ1) is 14.5. The van der Waals surface area contributed by atoms with Crippen LogP contribution in [0, 0.1) is 5.92 Å². The Bertz CT molecular complexity index is 416. The highest BCUT2D eigenvalue weighted by atomic mass is 32.1. The van der Waals surface area contributed by atoms with Crippen LogP contribution >= 0.6 is 11.3 Å². The molecule has 3 N–H and O–H groups in total. The summed E-state index contributed by atoms with van der Waals surface area (Å²) >= 11 is 1.43. The number of nitrogens with two attached hydrogens (primary N) is 1. The predicted molar refractivity (Wildman–Crippen MR) is 75.8 cm³/mol. The van der Waals surface area contributed by atoms with Crippen molar-refractivity contribution in [1.82, 2.24) is 10.3 Å². The average Bonchev–Trinajstić information content (AvgIpc) is 2.87. The molecule has 1 saturated heterocycles. The second-order valence-electron chi connectivity index (χ2n) is 5.03. The summed E-state index contributed by atoms with van der Waals surface area (Å²) in [6.45, 7) is 3.51. The monoisotopic (exact) mass is 283 g/mol. The number of nitrogens with zero attached hydrogens (tertiary/aromatic N) is 1. The van der Waals surface area contributed by atoms with Crippen molar-refractivity contribution in [1.29, 1.82) is 0 Å². The molecule has 1 aliphatic heterocycles. The Balaban J connectivity index is 1.89. The molecule has 2 rings (SSSR count). The smallest absolute Gasteiger partial charge is 0.275 e. The fourth-order valence-electron chi connectivity index (χ4n) is 2.47. The maximum Gasteiger partial charge on any atom is 0.275 e. The van der Waals surface area contributed by atoms with Crippen LogP contribution in [0.1, 0.15) is 28.1 Å². The molecule has 1 aromatic rings. The minimum absolute atomic E-state index is 0.209. The molecule has 0 spiro atoms. The second-order valence-corrected chi connectivity index (χ2v) is 5.94. The van der Waals surface area contributed by atoms with Crippen LogP contribution in [0.25, 0.3) is 0 Å². The Kier molecular flexibility index (Phi) is 5.33. The summed E-state index contributed by atoms with van der Waals surface area (Å²) in [6, 6.07) is 1.99. The number of hydrogen-bond donors (Lipinski definition) is 2. The van der Waals surface area contributed by atoms with Crippen LogP contribution in [-0.4, -0.2) is 37.6 Å². The third-order valence-electron chi connectivity index (χ3n) is 3.35. The molecule has 0 aliphatic carbocycles. The molecule has 19 heavy (non-hydrogen) atoms. The summed E-state index contributed by atoms with van der Waals surface area (Å²) in [7, 11) is 2.08. The van der Waals surface area contributed by atoms with E-state index in [1.165, 1.54) is 17.8 Å². The molecule has 2 heterocycles. The number of nitrogens with one attached hydrogen (secondary N) is 1. The first-order valence-corrected chi connectivity index (χ1v) is 7.42. The van der Waals surface area contributed by atoms with Crippen molar-refractivity contribution < 1.29 is 9.53 Å². The fourth-order valence-corrected chi connectivity index (χ4v) is 3.29. The highest BCUT2D eigenvalue weighted by molar-refractivity contribution is 7.12. The topological polar surface area (TPSA) is 67.6 Å². The van der Waals surface area contributed by atoms with Gasteiger partial charge < -0.3 is 9.64 Å². The number of carbonyl (C=O) groups is 1. The highest BCUT2D eigenvalue weighted by Crippen LogP contribution is 2.20. The average molecular weight is 283 g/mol. The van der Waals surface area contributed by atoms with Crippen LogP contribution < -0.4 is 11.3 Å². The Hall–Kier alpha value is -0.950.